The van der Waals surface area contributed by atoms with Crippen molar-refractivity contribution in [2.75, 3.05) is 0 Å². The molecule has 1 aromatic carbocycles. The first-order chi connectivity index (χ1) is 6.84. The molecule has 2 heterocycles. The van der Waals surface area contributed by atoms with Gasteiger partial charge in [-0.1, -0.05) is 24.3 Å². The highest BCUT2D eigenvalue weighted by molar-refractivity contribution is 5.78. The molecule has 2 aromatic rings. The second-order valence-corrected chi connectivity index (χ2v) is 3.69. The van der Waals surface area contributed by atoms with Crippen molar-refractivity contribution >= 4 is 10.9 Å². The maximum Gasteiger partial charge on any atom is 0.126 e. The highest BCUT2D eigenvalue weighted by Gasteiger charge is 2.36. The average molecular weight is 185 g/mol. The van der Waals surface area contributed by atoms with Crippen LogP contribution >= 0.6 is 0 Å². The summed E-state index contributed by atoms with van der Waals surface area (Å²) < 4.78 is 5.39. The van der Waals surface area contributed by atoms with Gasteiger partial charge in [0.2, 0.25) is 0 Å². The van der Waals surface area contributed by atoms with Crippen molar-refractivity contribution in [3.63, 3.8) is 0 Å². The van der Waals surface area contributed by atoms with Crippen LogP contribution in [0.3, 0.4) is 0 Å². The predicted molar refractivity (Wildman–Crippen MR) is 55.0 cm³/mol. The van der Waals surface area contributed by atoms with E-state index in [-0.39, 0.29) is 6.10 Å². The van der Waals surface area contributed by atoms with Crippen LogP contribution in [0.5, 0.6) is 0 Å². The van der Waals surface area contributed by atoms with Crippen LogP contribution in [0.4, 0.5) is 0 Å². The fourth-order valence-electron chi connectivity index (χ4n) is 1.74. The normalized spacial score (nSPS) is 25.2. The Morgan fingerprint density at radius 3 is 2.71 bits per heavy atom. The Hall–Kier alpha value is -1.41. The van der Waals surface area contributed by atoms with Gasteiger partial charge in [-0.25, -0.2) is 4.98 Å². The zero-order chi connectivity index (χ0) is 9.54. The summed E-state index contributed by atoms with van der Waals surface area (Å²) in [6.07, 6.45) is 0.559. The molecule has 70 valence electrons. The van der Waals surface area contributed by atoms with E-state index in [9.17, 15) is 0 Å². The molecule has 3 rings (SSSR count). The Balaban J connectivity index is 2.11. The summed E-state index contributed by atoms with van der Waals surface area (Å²) in [6.45, 7) is 2.07. The number of pyridine rings is 1. The van der Waals surface area contributed by atoms with Crippen molar-refractivity contribution in [3.8, 4) is 0 Å². The predicted octanol–water partition coefficient (Wildman–Crippen LogP) is 2.69. The molecule has 1 aromatic heterocycles. The molecular weight excluding hydrogens is 174 g/mol. The maximum atomic E-state index is 5.39. The monoisotopic (exact) mass is 185 g/mol. The fraction of sp³-hybridized carbons (Fsp3) is 0.250. The summed E-state index contributed by atoms with van der Waals surface area (Å²) >= 11 is 0. The zero-order valence-corrected chi connectivity index (χ0v) is 7.97. The van der Waals surface area contributed by atoms with E-state index in [2.05, 4.69) is 30.1 Å². The molecule has 0 spiro atoms. The molecule has 0 aliphatic carbocycles. The van der Waals surface area contributed by atoms with Gasteiger partial charge in [0.25, 0.3) is 0 Å². The van der Waals surface area contributed by atoms with Crippen molar-refractivity contribution in [2.24, 2.45) is 0 Å². The van der Waals surface area contributed by atoms with Crippen LogP contribution in [0, 0.1) is 0 Å². The largest absolute Gasteiger partial charge is 0.363 e. The van der Waals surface area contributed by atoms with Gasteiger partial charge in [-0.3, -0.25) is 0 Å². The Labute approximate surface area is 82.5 Å². The van der Waals surface area contributed by atoms with E-state index >= 15 is 0 Å². The average Bonchev–Trinajstić information content (AvgIpc) is 2.95. The minimum atomic E-state index is 0.222. The number of rotatable bonds is 1. The van der Waals surface area contributed by atoms with Gasteiger partial charge in [0.1, 0.15) is 6.10 Å². The Bertz CT molecular complexity index is 480. The lowest BCUT2D eigenvalue weighted by Crippen LogP contribution is -1.89. The van der Waals surface area contributed by atoms with Gasteiger partial charge in [-0.2, -0.15) is 0 Å². The number of ether oxygens (including phenoxy) is 1. The maximum absolute atomic E-state index is 5.39. The zero-order valence-electron chi connectivity index (χ0n) is 7.97. The van der Waals surface area contributed by atoms with Crippen molar-refractivity contribution < 1.29 is 4.74 Å². The number of fused-ring (bicyclic) bond motifs is 1. The van der Waals surface area contributed by atoms with E-state index in [4.69, 9.17) is 4.74 Å². The van der Waals surface area contributed by atoms with E-state index < -0.39 is 0 Å². The van der Waals surface area contributed by atoms with Crippen molar-refractivity contribution in [1.82, 2.24) is 4.98 Å². The van der Waals surface area contributed by atoms with E-state index in [1.54, 1.807) is 0 Å². The summed E-state index contributed by atoms with van der Waals surface area (Å²) in [5, 5.41) is 1.18. The van der Waals surface area contributed by atoms with Gasteiger partial charge in [-0.15, -0.1) is 0 Å². The molecule has 0 bridgehead atoms. The minimum Gasteiger partial charge on any atom is -0.363 e. The molecule has 0 unspecified atom stereocenters. The van der Waals surface area contributed by atoms with Crippen LogP contribution in [-0.2, 0) is 4.74 Å². The molecule has 0 saturated carbocycles. The Morgan fingerprint density at radius 1 is 1.14 bits per heavy atom. The Morgan fingerprint density at radius 2 is 1.93 bits per heavy atom. The summed E-state index contributed by atoms with van der Waals surface area (Å²) in [6, 6.07) is 12.3. The molecule has 1 aliphatic rings. The molecule has 2 atom stereocenters. The topological polar surface area (TPSA) is 25.4 Å². The summed E-state index contributed by atoms with van der Waals surface area (Å²) in [7, 11) is 0. The second-order valence-electron chi connectivity index (χ2n) is 3.69. The van der Waals surface area contributed by atoms with Crippen LogP contribution < -0.4 is 0 Å². The SMILES string of the molecule is C[C@@H]1O[C@H]1c1ccc2ccccc2n1. The number of hydrogen-bond donors (Lipinski definition) is 0. The smallest absolute Gasteiger partial charge is 0.126 e. The third-order valence-electron chi connectivity index (χ3n) is 2.62. The number of para-hydroxylation sites is 1. The van der Waals surface area contributed by atoms with Crippen LogP contribution in [0.2, 0.25) is 0 Å². The van der Waals surface area contributed by atoms with Crippen molar-refractivity contribution in [2.45, 2.75) is 19.1 Å². The number of hydrogen-bond acceptors (Lipinski definition) is 2. The third-order valence-corrected chi connectivity index (χ3v) is 2.62. The van der Waals surface area contributed by atoms with E-state index in [0.717, 1.165) is 11.2 Å². The first-order valence-electron chi connectivity index (χ1n) is 4.86. The van der Waals surface area contributed by atoms with Gasteiger partial charge < -0.3 is 4.74 Å². The molecule has 2 heteroatoms. The minimum absolute atomic E-state index is 0.222. The molecule has 14 heavy (non-hydrogen) atoms. The van der Waals surface area contributed by atoms with E-state index in [1.807, 2.05) is 18.2 Å². The molecule has 0 N–H and O–H groups in total. The molecule has 1 saturated heterocycles. The van der Waals surface area contributed by atoms with Crippen molar-refractivity contribution in [1.29, 1.82) is 0 Å². The van der Waals surface area contributed by atoms with Crippen molar-refractivity contribution in [3.05, 3.63) is 42.1 Å². The highest BCUT2D eigenvalue weighted by atomic mass is 16.6. The van der Waals surface area contributed by atoms with E-state index in [1.165, 1.54) is 5.39 Å². The third kappa shape index (κ3) is 1.19. The molecule has 1 aliphatic heterocycles. The van der Waals surface area contributed by atoms with Gasteiger partial charge in [-0.05, 0) is 19.1 Å². The van der Waals surface area contributed by atoms with E-state index in [0.29, 0.717) is 6.10 Å². The fourth-order valence-corrected chi connectivity index (χ4v) is 1.74. The highest BCUT2D eigenvalue weighted by Crippen LogP contribution is 2.37. The number of benzene rings is 1. The second kappa shape index (κ2) is 2.79. The lowest BCUT2D eigenvalue weighted by Gasteiger charge is -1.98. The first-order valence-corrected chi connectivity index (χ1v) is 4.86. The van der Waals surface area contributed by atoms with Gasteiger partial charge in [0.05, 0.1) is 17.3 Å². The van der Waals surface area contributed by atoms with Crippen LogP contribution in [0.15, 0.2) is 36.4 Å². The standard InChI is InChI=1S/C12H11NO/c1-8-12(14-8)11-7-6-9-4-2-3-5-10(9)13-11/h2-8,12H,1H3/t8-,12+/m0/s1. The van der Waals surface area contributed by atoms with Gasteiger partial charge in [0, 0.05) is 5.39 Å². The molecule has 1 fully saturated rings. The Kier molecular flexibility index (Phi) is 1.58. The molecule has 2 nitrogen and oxygen atoms in total. The van der Waals surface area contributed by atoms with Gasteiger partial charge in [0.15, 0.2) is 0 Å². The van der Waals surface area contributed by atoms with Gasteiger partial charge >= 0.3 is 0 Å². The molecular formula is C12H11NO. The lowest BCUT2D eigenvalue weighted by molar-refractivity contribution is 0.380. The number of nitrogens with zero attached hydrogens (tertiary/aromatic N) is 1. The summed E-state index contributed by atoms with van der Waals surface area (Å²) in [5.74, 6) is 0. The first kappa shape index (κ1) is 7.94. The van der Waals surface area contributed by atoms with Crippen LogP contribution in [0.25, 0.3) is 10.9 Å². The van der Waals surface area contributed by atoms with Crippen LogP contribution in [0.1, 0.15) is 18.7 Å². The quantitative estimate of drug-likeness (QED) is 0.638. The molecule has 0 amide bonds. The molecule has 0 radical (unpaired) electrons. The summed E-state index contributed by atoms with van der Waals surface area (Å²) in [5.41, 5.74) is 2.10. The number of epoxide rings is 1. The summed E-state index contributed by atoms with van der Waals surface area (Å²) in [4.78, 5) is 4.56. The number of aromatic nitrogens is 1. The lowest BCUT2D eigenvalue weighted by atomic mass is 10.1. The van der Waals surface area contributed by atoms with Crippen LogP contribution in [-0.4, -0.2) is 11.1 Å².